The Morgan fingerprint density at radius 2 is 1.97 bits per heavy atom. The molecule has 1 aliphatic rings. The van der Waals surface area contributed by atoms with E-state index in [-0.39, 0.29) is 17.5 Å². The lowest BCUT2D eigenvalue weighted by atomic mass is 9.96. The molecule has 0 spiro atoms. The summed E-state index contributed by atoms with van der Waals surface area (Å²) >= 11 is 3.63. The van der Waals surface area contributed by atoms with Crippen molar-refractivity contribution in [2.75, 3.05) is 6.61 Å². The fourth-order valence-electron chi connectivity index (χ4n) is 3.70. The van der Waals surface area contributed by atoms with Gasteiger partial charge < -0.3 is 15.8 Å². The van der Waals surface area contributed by atoms with Crippen molar-refractivity contribution in [2.24, 2.45) is 5.73 Å². The molecule has 3 aromatic carbocycles. The smallest absolute Gasteiger partial charge is 0.252 e. The molecule has 1 atom stereocenters. The number of nitrogens with two attached hydrogens (primary N) is 1. The van der Waals surface area contributed by atoms with Crippen LogP contribution in [0.15, 0.2) is 59.1 Å². The number of hydrogen-bond donors (Lipinski definition) is 2. The summed E-state index contributed by atoms with van der Waals surface area (Å²) in [5, 5.41) is 5.66. The summed E-state index contributed by atoms with van der Waals surface area (Å²) in [7, 11) is 0. The van der Waals surface area contributed by atoms with Crippen molar-refractivity contribution in [3.05, 3.63) is 75.8 Å². The van der Waals surface area contributed by atoms with E-state index in [1.54, 1.807) is 0 Å². The molecule has 4 rings (SSSR count). The minimum atomic E-state index is -0.324. The summed E-state index contributed by atoms with van der Waals surface area (Å²) in [4.78, 5) is 13.2. The molecular formula is C24H25BrN2O2. The molecule has 0 unspecified atom stereocenters. The number of carbonyl (C=O) groups excluding carboxylic acids is 1. The van der Waals surface area contributed by atoms with Gasteiger partial charge >= 0.3 is 0 Å². The molecule has 0 aliphatic heterocycles. The highest BCUT2D eigenvalue weighted by atomic mass is 79.9. The Morgan fingerprint density at radius 3 is 2.69 bits per heavy atom. The molecule has 3 N–H and O–H groups in total. The predicted molar refractivity (Wildman–Crippen MR) is 120 cm³/mol. The molecule has 1 fully saturated rings. The minimum Gasteiger partial charge on any atom is -0.492 e. The summed E-state index contributed by atoms with van der Waals surface area (Å²) in [6.07, 6.45) is 1.86. The molecule has 1 saturated carbocycles. The SMILES string of the molecule is Cc1ccc(OC[C@@H](C)N)cc1C(=O)NC1(c2cc(Br)cc3ccccc23)CC1. The van der Waals surface area contributed by atoms with Crippen LogP contribution in [0, 0.1) is 6.92 Å². The highest BCUT2D eigenvalue weighted by molar-refractivity contribution is 9.10. The number of carbonyl (C=O) groups is 1. The van der Waals surface area contributed by atoms with Gasteiger partial charge in [-0.15, -0.1) is 0 Å². The first-order chi connectivity index (χ1) is 13.9. The third-order valence-corrected chi connectivity index (χ3v) is 5.87. The van der Waals surface area contributed by atoms with Crippen LogP contribution in [0.5, 0.6) is 5.75 Å². The molecular weight excluding hydrogens is 428 g/mol. The molecule has 4 nitrogen and oxygen atoms in total. The zero-order chi connectivity index (χ0) is 20.6. The normalized spacial score (nSPS) is 15.7. The molecule has 150 valence electrons. The summed E-state index contributed by atoms with van der Waals surface area (Å²) in [5.74, 6) is 0.589. The Labute approximate surface area is 179 Å². The lowest BCUT2D eigenvalue weighted by Gasteiger charge is -2.21. The van der Waals surface area contributed by atoms with Gasteiger partial charge in [-0.1, -0.05) is 46.3 Å². The first-order valence-corrected chi connectivity index (χ1v) is 10.7. The third kappa shape index (κ3) is 4.16. The molecule has 3 aromatic rings. The standard InChI is InChI=1S/C24H25BrN2O2/c1-15-7-8-19(29-14-16(2)26)13-21(15)23(28)27-24(9-10-24)22-12-18(25)11-17-5-3-4-6-20(17)22/h3-8,11-13,16H,9-10,14,26H2,1-2H3,(H,27,28)/t16-/m1/s1. The van der Waals surface area contributed by atoms with Crippen molar-refractivity contribution in [3.8, 4) is 5.75 Å². The average Bonchev–Trinajstić information content (AvgIpc) is 3.47. The second kappa shape index (κ2) is 7.81. The summed E-state index contributed by atoms with van der Waals surface area (Å²) < 4.78 is 6.73. The molecule has 0 aromatic heterocycles. The number of rotatable bonds is 6. The van der Waals surface area contributed by atoms with Crippen molar-refractivity contribution in [1.82, 2.24) is 5.32 Å². The highest BCUT2D eigenvalue weighted by Gasteiger charge is 2.47. The van der Waals surface area contributed by atoms with Crippen LogP contribution in [0.4, 0.5) is 0 Å². The van der Waals surface area contributed by atoms with E-state index < -0.39 is 0 Å². The first-order valence-electron chi connectivity index (χ1n) is 9.88. The lowest BCUT2D eigenvalue weighted by molar-refractivity contribution is 0.0930. The summed E-state index contributed by atoms with van der Waals surface area (Å²) in [6, 6.07) is 18.1. The lowest BCUT2D eigenvalue weighted by Crippen LogP contribution is -2.35. The molecule has 1 amide bonds. The highest BCUT2D eigenvalue weighted by Crippen LogP contribution is 2.49. The van der Waals surface area contributed by atoms with Crippen LogP contribution in [-0.4, -0.2) is 18.6 Å². The van der Waals surface area contributed by atoms with Gasteiger partial charge in [0, 0.05) is 16.1 Å². The van der Waals surface area contributed by atoms with Crippen molar-refractivity contribution in [1.29, 1.82) is 0 Å². The van der Waals surface area contributed by atoms with E-state index in [4.69, 9.17) is 10.5 Å². The minimum absolute atomic E-state index is 0.0619. The van der Waals surface area contributed by atoms with Crippen molar-refractivity contribution in [3.63, 3.8) is 0 Å². The second-order valence-electron chi connectivity index (χ2n) is 7.98. The maximum Gasteiger partial charge on any atom is 0.252 e. The van der Waals surface area contributed by atoms with Crippen LogP contribution in [0.25, 0.3) is 10.8 Å². The van der Waals surface area contributed by atoms with Crippen LogP contribution in [0.3, 0.4) is 0 Å². The van der Waals surface area contributed by atoms with Gasteiger partial charge in [0.05, 0.1) is 5.54 Å². The number of nitrogens with one attached hydrogen (secondary N) is 1. The zero-order valence-corrected chi connectivity index (χ0v) is 18.3. The van der Waals surface area contributed by atoms with Crippen LogP contribution in [0.2, 0.25) is 0 Å². The molecule has 29 heavy (non-hydrogen) atoms. The van der Waals surface area contributed by atoms with Crippen LogP contribution in [0.1, 0.15) is 41.3 Å². The number of hydrogen-bond acceptors (Lipinski definition) is 3. The molecule has 0 saturated heterocycles. The van der Waals surface area contributed by atoms with Crippen LogP contribution < -0.4 is 15.8 Å². The van der Waals surface area contributed by atoms with E-state index in [1.807, 2.05) is 44.2 Å². The number of ether oxygens (including phenoxy) is 1. The molecule has 0 heterocycles. The topological polar surface area (TPSA) is 64.3 Å². The van der Waals surface area contributed by atoms with Gasteiger partial charge in [-0.3, -0.25) is 4.79 Å². The Morgan fingerprint density at radius 1 is 1.21 bits per heavy atom. The van der Waals surface area contributed by atoms with Crippen molar-refractivity contribution < 1.29 is 9.53 Å². The van der Waals surface area contributed by atoms with Crippen molar-refractivity contribution >= 4 is 32.6 Å². The van der Waals surface area contributed by atoms with Gasteiger partial charge in [0.1, 0.15) is 12.4 Å². The van der Waals surface area contributed by atoms with Gasteiger partial charge in [0.2, 0.25) is 0 Å². The largest absolute Gasteiger partial charge is 0.492 e. The van der Waals surface area contributed by atoms with E-state index >= 15 is 0 Å². The number of aryl methyl sites for hydroxylation is 1. The average molecular weight is 453 g/mol. The second-order valence-corrected chi connectivity index (χ2v) is 8.89. The van der Waals surface area contributed by atoms with Gasteiger partial charge in [0.25, 0.3) is 5.91 Å². The van der Waals surface area contributed by atoms with Crippen molar-refractivity contribution in [2.45, 2.75) is 38.3 Å². The quantitative estimate of drug-likeness (QED) is 0.549. The van der Waals surface area contributed by atoms with Gasteiger partial charge in [-0.25, -0.2) is 0 Å². The Hall–Kier alpha value is -2.37. The predicted octanol–water partition coefficient (Wildman–Crippen LogP) is 5.06. The fourth-order valence-corrected chi connectivity index (χ4v) is 4.18. The Bertz CT molecular complexity index is 1070. The number of benzene rings is 3. The van der Waals surface area contributed by atoms with E-state index in [9.17, 15) is 4.79 Å². The first kappa shape index (κ1) is 19.9. The van der Waals surface area contributed by atoms with E-state index in [0.29, 0.717) is 17.9 Å². The zero-order valence-electron chi connectivity index (χ0n) is 16.7. The number of fused-ring (bicyclic) bond motifs is 1. The van der Waals surface area contributed by atoms with Gasteiger partial charge in [0.15, 0.2) is 0 Å². The number of halogens is 1. The maximum atomic E-state index is 13.2. The fraction of sp³-hybridized carbons (Fsp3) is 0.292. The van der Waals surface area contributed by atoms with Crippen LogP contribution >= 0.6 is 15.9 Å². The molecule has 0 bridgehead atoms. The Balaban J connectivity index is 1.63. The van der Waals surface area contributed by atoms with E-state index in [2.05, 4.69) is 45.5 Å². The third-order valence-electron chi connectivity index (χ3n) is 5.41. The summed E-state index contributed by atoms with van der Waals surface area (Å²) in [6.45, 7) is 4.25. The van der Waals surface area contributed by atoms with E-state index in [0.717, 1.165) is 28.4 Å². The van der Waals surface area contributed by atoms with E-state index in [1.165, 1.54) is 10.8 Å². The van der Waals surface area contributed by atoms with Gasteiger partial charge in [-0.05, 0) is 72.9 Å². The van der Waals surface area contributed by atoms with Crippen LogP contribution in [-0.2, 0) is 5.54 Å². The van der Waals surface area contributed by atoms with Gasteiger partial charge in [-0.2, -0.15) is 0 Å². The molecule has 5 heteroatoms. The molecule has 0 radical (unpaired) electrons. The summed E-state index contributed by atoms with van der Waals surface area (Å²) in [5.41, 5.74) is 8.17. The Kier molecular flexibility index (Phi) is 5.36. The maximum absolute atomic E-state index is 13.2. The molecule has 1 aliphatic carbocycles. The monoisotopic (exact) mass is 452 g/mol. The number of amides is 1.